The Kier molecular flexibility index (Phi) is 4.04. The van der Waals surface area contributed by atoms with Crippen LogP contribution in [-0.2, 0) is 4.79 Å². The standard InChI is InChI=1S/C11H11F3N2O4/c1-6-5-7(16(19)20)3-4-8(6)15-9(17)10(2,18)11(12,13)14/h3-5,18H,1-2H3,(H,15,17). The van der Waals surface area contributed by atoms with Gasteiger partial charge in [0.05, 0.1) is 4.92 Å². The van der Waals surface area contributed by atoms with E-state index in [9.17, 15) is 28.1 Å². The number of carbonyl (C=O) groups excluding carboxylic acids is 1. The minimum atomic E-state index is -5.13. The number of rotatable bonds is 3. The topological polar surface area (TPSA) is 92.5 Å². The van der Waals surface area contributed by atoms with Gasteiger partial charge in [0, 0.05) is 17.8 Å². The molecule has 0 aliphatic rings. The number of nitrogens with one attached hydrogen (secondary N) is 1. The Bertz CT molecular complexity index is 555. The van der Waals surface area contributed by atoms with Gasteiger partial charge in [0.15, 0.2) is 0 Å². The smallest absolute Gasteiger partial charge is 0.373 e. The Morgan fingerprint density at radius 1 is 1.40 bits per heavy atom. The normalized spacial score (nSPS) is 14.5. The molecule has 0 fully saturated rings. The van der Waals surface area contributed by atoms with Crippen molar-refractivity contribution in [2.45, 2.75) is 25.6 Å². The van der Waals surface area contributed by atoms with Crippen LogP contribution in [0.25, 0.3) is 0 Å². The number of nitrogens with zero attached hydrogens (tertiary/aromatic N) is 1. The van der Waals surface area contributed by atoms with E-state index in [0.29, 0.717) is 6.92 Å². The van der Waals surface area contributed by atoms with E-state index in [1.165, 1.54) is 6.92 Å². The molecule has 1 atom stereocenters. The number of aliphatic hydroxyl groups is 1. The largest absolute Gasteiger partial charge is 0.426 e. The van der Waals surface area contributed by atoms with Crippen LogP contribution in [0.15, 0.2) is 18.2 Å². The Morgan fingerprint density at radius 2 is 1.95 bits per heavy atom. The highest BCUT2D eigenvalue weighted by molar-refractivity contribution is 5.98. The monoisotopic (exact) mass is 292 g/mol. The summed E-state index contributed by atoms with van der Waals surface area (Å²) in [5.41, 5.74) is -3.67. The number of anilines is 1. The van der Waals surface area contributed by atoms with Gasteiger partial charge in [0.1, 0.15) is 0 Å². The fourth-order valence-electron chi connectivity index (χ4n) is 1.27. The summed E-state index contributed by atoms with van der Waals surface area (Å²) in [6.45, 7) is 1.70. The summed E-state index contributed by atoms with van der Waals surface area (Å²) in [4.78, 5) is 21.3. The van der Waals surface area contributed by atoms with Gasteiger partial charge in [-0.15, -0.1) is 0 Å². The van der Waals surface area contributed by atoms with Gasteiger partial charge in [-0.1, -0.05) is 0 Å². The first-order chi connectivity index (χ1) is 8.96. The molecule has 1 rings (SSSR count). The van der Waals surface area contributed by atoms with Gasteiger partial charge < -0.3 is 10.4 Å². The molecule has 110 valence electrons. The molecular formula is C11H11F3N2O4. The number of alkyl halides is 3. The minimum absolute atomic E-state index is 0.0508. The number of amides is 1. The van der Waals surface area contributed by atoms with Crippen LogP contribution in [0.1, 0.15) is 12.5 Å². The Morgan fingerprint density at radius 3 is 2.35 bits per heavy atom. The molecule has 0 aliphatic heterocycles. The summed E-state index contributed by atoms with van der Waals surface area (Å²) in [6, 6.07) is 3.22. The lowest BCUT2D eigenvalue weighted by molar-refractivity contribution is -0.384. The lowest BCUT2D eigenvalue weighted by atomic mass is 10.1. The van der Waals surface area contributed by atoms with Crippen LogP contribution in [0.4, 0.5) is 24.5 Å². The van der Waals surface area contributed by atoms with E-state index in [4.69, 9.17) is 5.11 Å². The summed E-state index contributed by atoms with van der Waals surface area (Å²) in [7, 11) is 0. The highest BCUT2D eigenvalue weighted by Crippen LogP contribution is 2.31. The predicted octanol–water partition coefficient (Wildman–Crippen LogP) is 2.16. The van der Waals surface area contributed by atoms with Crippen molar-refractivity contribution in [2.24, 2.45) is 0 Å². The van der Waals surface area contributed by atoms with Gasteiger partial charge in [0.2, 0.25) is 5.60 Å². The fourth-order valence-corrected chi connectivity index (χ4v) is 1.27. The molecule has 1 aromatic rings. The highest BCUT2D eigenvalue weighted by atomic mass is 19.4. The number of nitro groups is 1. The second-order valence-corrected chi connectivity index (χ2v) is 4.28. The lowest BCUT2D eigenvalue weighted by Gasteiger charge is -2.25. The maximum absolute atomic E-state index is 12.5. The SMILES string of the molecule is Cc1cc([N+](=O)[O-])ccc1NC(=O)C(C)(O)C(F)(F)F. The van der Waals surface area contributed by atoms with Crippen LogP contribution < -0.4 is 5.32 Å². The second-order valence-electron chi connectivity index (χ2n) is 4.28. The maximum Gasteiger partial charge on any atom is 0.426 e. The molecule has 0 aliphatic carbocycles. The molecule has 1 aromatic carbocycles. The molecule has 1 unspecified atom stereocenters. The van der Waals surface area contributed by atoms with Crippen molar-refractivity contribution in [1.29, 1.82) is 0 Å². The fraction of sp³-hybridized carbons (Fsp3) is 0.364. The van der Waals surface area contributed by atoms with Gasteiger partial charge >= 0.3 is 6.18 Å². The van der Waals surface area contributed by atoms with Crippen LogP contribution in [0, 0.1) is 17.0 Å². The zero-order valence-corrected chi connectivity index (χ0v) is 10.5. The number of carbonyl (C=O) groups is 1. The number of hydrogen-bond donors (Lipinski definition) is 2. The van der Waals surface area contributed by atoms with E-state index in [-0.39, 0.29) is 16.9 Å². The van der Waals surface area contributed by atoms with Crippen molar-refractivity contribution in [3.63, 3.8) is 0 Å². The van der Waals surface area contributed by atoms with Crippen molar-refractivity contribution in [1.82, 2.24) is 0 Å². The van der Waals surface area contributed by atoms with E-state index in [2.05, 4.69) is 0 Å². The van der Waals surface area contributed by atoms with Crippen LogP contribution in [0.3, 0.4) is 0 Å². The molecule has 0 bridgehead atoms. The quantitative estimate of drug-likeness (QED) is 0.659. The van der Waals surface area contributed by atoms with E-state index >= 15 is 0 Å². The number of nitro benzene ring substituents is 1. The van der Waals surface area contributed by atoms with E-state index in [0.717, 1.165) is 18.2 Å². The van der Waals surface area contributed by atoms with Gasteiger partial charge in [-0.05, 0) is 25.5 Å². The van der Waals surface area contributed by atoms with Crippen molar-refractivity contribution in [2.75, 3.05) is 5.32 Å². The summed E-state index contributed by atoms with van der Waals surface area (Å²) >= 11 is 0. The average molecular weight is 292 g/mol. The van der Waals surface area contributed by atoms with Crippen LogP contribution in [0.5, 0.6) is 0 Å². The maximum atomic E-state index is 12.5. The van der Waals surface area contributed by atoms with Crippen LogP contribution in [-0.4, -0.2) is 27.7 Å². The Hall–Kier alpha value is -2.16. The molecule has 0 radical (unpaired) electrons. The molecule has 9 heteroatoms. The number of halogens is 3. The third-order valence-corrected chi connectivity index (χ3v) is 2.66. The first-order valence-electron chi connectivity index (χ1n) is 5.32. The molecule has 6 nitrogen and oxygen atoms in total. The molecular weight excluding hydrogens is 281 g/mol. The third kappa shape index (κ3) is 3.05. The second kappa shape index (κ2) is 5.08. The molecule has 0 saturated heterocycles. The number of non-ortho nitro benzene ring substituents is 1. The van der Waals surface area contributed by atoms with Crippen LogP contribution >= 0.6 is 0 Å². The molecule has 1 amide bonds. The predicted molar refractivity (Wildman–Crippen MR) is 63.1 cm³/mol. The summed E-state index contributed by atoms with van der Waals surface area (Å²) in [6.07, 6.45) is -5.13. The summed E-state index contributed by atoms with van der Waals surface area (Å²) in [5, 5.41) is 21.6. The lowest BCUT2D eigenvalue weighted by Crippen LogP contribution is -2.52. The minimum Gasteiger partial charge on any atom is -0.373 e. The van der Waals surface area contributed by atoms with E-state index < -0.39 is 22.6 Å². The molecule has 2 N–H and O–H groups in total. The average Bonchev–Trinajstić information content (AvgIpc) is 2.29. The van der Waals surface area contributed by atoms with Gasteiger partial charge in [-0.3, -0.25) is 14.9 Å². The molecule has 20 heavy (non-hydrogen) atoms. The van der Waals surface area contributed by atoms with Crippen molar-refractivity contribution >= 4 is 17.3 Å². The van der Waals surface area contributed by atoms with Crippen molar-refractivity contribution < 1.29 is 28.0 Å². The van der Waals surface area contributed by atoms with Gasteiger partial charge in [0.25, 0.3) is 11.6 Å². The highest BCUT2D eigenvalue weighted by Gasteiger charge is 2.55. The number of hydrogen-bond acceptors (Lipinski definition) is 4. The first-order valence-corrected chi connectivity index (χ1v) is 5.32. The van der Waals surface area contributed by atoms with Gasteiger partial charge in [-0.2, -0.15) is 13.2 Å². The molecule has 0 heterocycles. The Labute approximate surface area is 111 Å². The van der Waals surface area contributed by atoms with Crippen LogP contribution in [0.2, 0.25) is 0 Å². The molecule has 0 saturated carbocycles. The number of benzene rings is 1. The van der Waals surface area contributed by atoms with E-state index in [1.54, 1.807) is 0 Å². The van der Waals surface area contributed by atoms with Crippen molar-refractivity contribution in [3.8, 4) is 0 Å². The molecule has 0 aromatic heterocycles. The number of aryl methyl sites for hydroxylation is 1. The van der Waals surface area contributed by atoms with E-state index in [1.807, 2.05) is 5.32 Å². The molecule has 0 spiro atoms. The Balaban J connectivity index is 3.00. The summed E-state index contributed by atoms with van der Waals surface area (Å²) in [5.74, 6) is -1.66. The third-order valence-electron chi connectivity index (χ3n) is 2.66. The van der Waals surface area contributed by atoms with Gasteiger partial charge in [-0.25, -0.2) is 0 Å². The zero-order valence-electron chi connectivity index (χ0n) is 10.5. The van der Waals surface area contributed by atoms with Crippen molar-refractivity contribution in [3.05, 3.63) is 33.9 Å². The first kappa shape index (κ1) is 15.9. The zero-order chi connectivity index (χ0) is 15.7. The summed E-state index contributed by atoms with van der Waals surface area (Å²) < 4.78 is 37.4.